The quantitative estimate of drug-likeness (QED) is 0.581. The van der Waals surface area contributed by atoms with Crippen LogP contribution in [-0.2, 0) is 11.3 Å². The zero-order chi connectivity index (χ0) is 13.4. The van der Waals surface area contributed by atoms with Crippen molar-refractivity contribution < 1.29 is 14.7 Å². The summed E-state index contributed by atoms with van der Waals surface area (Å²) >= 11 is 1.22. The number of carboxylic acid groups (broad SMARTS) is 1. The lowest BCUT2D eigenvalue weighted by Crippen LogP contribution is -2.22. The summed E-state index contributed by atoms with van der Waals surface area (Å²) in [6, 6.07) is 0. The lowest BCUT2D eigenvalue weighted by atomic mass is 10.2. The second-order valence-electron chi connectivity index (χ2n) is 3.62. The van der Waals surface area contributed by atoms with E-state index in [2.05, 4.69) is 16.2 Å². The lowest BCUT2D eigenvalue weighted by Gasteiger charge is -2.01. The van der Waals surface area contributed by atoms with E-state index < -0.39 is 5.97 Å². The van der Waals surface area contributed by atoms with Crippen LogP contribution in [0.3, 0.4) is 0 Å². The van der Waals surface area contributed by atoms with Crippen molar-refractivity contribution >= 4 is 23.2 Å². The molecule has 0 saturated carbocycles. The Bertz CT molecular complexity index is 462. The van der Waals surface area contributed by atoms with Crippen LogP contribution in [0, 0.1) is 12.3 Å². The van der Waals surface area contributed by atoms with Crippen LogP contribution in [0.15, 0.2) is 5.38 Å². The van der Waals surface area contributed by atoms with Crippen molar-refractivity contribution in [2.75, 3.05) is 0 Å². The van der Waals surface area contributed by atoms with E-state index in [1.165, 1.54) is 16.7 Å². The van der Waals surface area contributed by atoms with Gasteiger partial charge >= 0.3 is 5.97 Å². The maximum absolute atomic E-state index is 11.4. The first-order valence-corrected chi connectivity index (χ1v) is 6.39. The number of thiazole rings is 1. The smallest absolute Gasteiger partial charge is 0.355 e. The molecule has 5 nitrogen and oxygen atoms in total. The number of unbranched alkanes of at least 4 members (excludes halogenated alkanes) is 2. The van der Waals surface area contributed by atoms with Gasteiger partial charge in [0.05, 0.1) is 6.54 Å². The van der Waals surface area contributed by atoms with Gasteiger partial charge in [-0.05, 0) is 12.8 Å². The first-order valence-electron chi connectivity index (χ1n) is 5.51. The average molecular weight is 266 g/mol. The number of terminal acetylenes is 1. The van der Waals surface area contributed by atoms with Crippen LogP contribution in [0.25, 0.3) is 0 Å². The number of carboxylic acids is 1. The number of aromatic nitrogens is 1. The van der Waals surface area contributed by atoms with Crippen LogP contribution in [0.2, 0.25) is 0 Å². The highest BCUT2D eigenvalue weighted by Gasteiger charge is 2.09. The minimum absolute atomic E-state index is 0.0123. The third-order valence-electron chi connectivity index (χ3n) is 2.18. The van der Waals surface area contributed by atoms with E-state index in [1.54, 1.807) is 0 Å². The Morgan fingerprint density at radius 2 is 2.28 bits per heavy atom. The van der Waals surface area contributed by atoms with E-state index in [4.69, 9.17) is 11.5 Å². The molecule has 0 aliphatic rings. The molecule has 0 unspecified atom stereocenters. The summed E-state index contributed by atoms with van der Waals surface area (Å²) < 4.78 is 0. The van der Waals surface area contributed by atoms with E-state index in [9.17, 15) is 9.59 Å². The lowest BCUT2D eigenvalue weighted by molar-refractivity contribution is -0.121. The van der Waals surface area contributed by atoms with E-state index in [0.717, 1.165) is 12.8 Å². The normalized spacial score (nSPS) is 9.72. The number of nitrogens with one attached hydrogen (secondary N) is 1. The van der Waals surface area contributed by atoms with Gasteiger partial charge in [0, 0.05) is 18.2 Å². The highest BCUT2D eigenvalue weighted by atomic mass is 32.1. The molecular weight excluding hydrogens is 252 g/mol. The summed E-state index contributed by atoms with van der Waals surface area (Å²) in [5.74, 6) is 1.39. The predicted octanol–water partition coefficient (Wildman–Crippen LogP) is 1.65. The zero-order valence-corrected chi connectivity index (χ0v) is 10.6. The van der Waals surface area contributed by atoms with Gasteiger partial charge in [-0.25, -0.2) is 9.78 Å². The van der Waals surface area contributed by atoms with Crippen molar-refractivity contribution in [3.8, 4) is 12.3 Å². The SMILES string of the molecule is C#CCCCCC(=O)NCc1nc(C(=O)O)cs1. The first-order chi connectivity index (χ1) is 8.63. The fourth-order valence-corrected chi connectivity index (χ4v) is 1.97. The van der Waals surface area contributed by atoms with Gasteiger partial charge < -0.3 is 10.4 Å². The Morgan fingerprint density at radius 3 is 2.89 bits per heavy atom. The van der Waals surface area contributed by atoms with Crippen molar-refractivity contribution in [1.82, 2.24) is 10.3 Å². The maximum atomic E-state index is 11.4. The Morgan fingerprint density at radius 1 is 1.50 bits per heavy atom. The van der Waals surface area contributed by atoms with Crippen molar-refractivity contribution in [2.24, 2.45) is 0 Å². The molecule has 96 valence electrons. The monoisotopic (exact) mass is 266 g/mol. The van der Waals surface area contributed by atoms with Crippen LogP contribution in [0.1, 0.15) is 41.2 Å². The van der Waals surface area contributed by atoms with Crippen LogP contribution in [0.5, 0.6) is 0 Å². The van der Waals surface area contributed by atoms with Crippen molar-refractivity contribution in [3.63, 3.8) is 0 Å². The molecule has 0 radical (unpaired) electrons. The van der Waals surface area contributed by atoms with E-state index in [1.807, 2.05) is 0 Å². The largest absolute Gasteiger partial charge is 0.476 e. The van der Waals surface area contributed by atoms with Gasteiger partial charge in [-0.15, -0.1) is 23.7 Å². The topological polar surface area (TPSA) is 79.3 Å². The van der Waals surface area contributed by atoms with Gasteiger partial charge in [0.25, 0.3) is 0 Å². The molecule has 0 aromatic carbocycles. The van der Waals surface area contributed by atoms with Gasteiger partial charge in [0.15, 0.2) is 5.69 Å². The summed E-state index contributed by atoms with van der Waals surface area (Å²) in [6.45, 7) is 0.270. The molecule has 0 spiro atoms. The minimum Gasteiger partial charge on any atom is -0.476 e. The van der Waals surface area contributed by atoms with Crippen molar-refractivity contribution in [2.45, 2.75) is 32.2 Å². The number of carbonyl (C=O) groups excluding carboxylic acids is 1. The second kappa shape index (κ2) is 7.45. The van der Waals surface area contributed by atoms with Crippen molar-refractivity contribution in [3.05, 3.63) is 16.1 Å². The highest BCUT2D eigenvalue weighted by molar-refractivity contribution is 7.09. The number of nitrogens with zero attached hydrogens (tertiary/aromatic N) is 1. The van der Waals surface area contributed by atoms with E-state index in [0.29, 0.717) is 17.8 Å². The summed E-state index contributed by atoms with van der Waals surface area (Å²) in [4.78, 5) is 25.9. The van der Waals surface area contributed by atoms with Gasteiger partial charge in [0.2, 0.25) is 5.91 Å². The Hall–Kier alpha value is -1.87. The first kappa shape index (κ1) is 14.2. The fourth-order valence-electron chi connectivity index (χ4n) is 1.27. The van der Waals surface area contributed by atoms with Crippen LogP contribution < -0.4 is 5.32 Å². The molecule has 6 heteroatoms. The molecule has 0 fully saturated rings. The second-order valence-corrected chi connectivity index (χ2v) is 4.56. The predicted molar refractivity (Wildman–Crippen MR) is 68.2 cm³/mol. The number of amides is 1. The third-order valence-corrected chi connectivity index (χ3v) is 3.03. The highest BCUT2D eigenvalue weighted by Crippen LogP contribution is 2.09. The molecule has 1 heterocycles. The summed E-state index contributed by atoms with van der Waals surface area (Å²) in [5, 5.41) is 13.4. The van der Waals surface area contributed by atoms with E-state index >= 15 is 0 Å². The van der Waals surface area contributed by atoms with Gasteiger partial charge in [-0.3, -0.25) is 4.79 Å². The Labute approximate surface area is 109 Å². The minimum atomic E-state index is -1.06. The van der Waals surface area contributed by atoms with Crippen LogP contribution >= 0.6 is 11.3 Å². The van der Waals surface area contributed by atoms with Crippen LogP contribution in [-0.4, -0.2) is 22.0 Å². The number of carbonyl (C=O) groups is 2. The molecule has 0 aliphatic carbocycles. The third kappa shape index (κ3) is 4.97. The number of hydrogen-bond acceptors (Lipinski definition) is 4. The van der Waals surface area contributed by atoms with Crippen molar-refractivity contribution in [1.29, 1.82) is 0 Å². The van der Waals surface area contributed by atoms with Crippen LogP contribution in [0.4, 0.5) is 0 Å². The number of aromatic carboxylic acids is 1. The summed E-state index contributed by atoms with van der Waals surface area (Å²) in [5.41, 5.74) is 0.0123. The average Bonchev–Trinajstić information content (AvgIpc) is 2.81. The number of rotatable bonds is 7. The Balaban J connectivity index is 2.25. The molecule has 0 aliphatic heterocycles. The zero-order valence-electron chi connectivity index (χ0n) is 9.81. The Kier molecular flexibility index (Phi) is 5.88. The van der Waals surface area contributed by atoms with Gasteiger partial charge in [-0.2, -0.15) is 0 Å². The molecule has 18 heavy (non-hydrogen) atoms. The molecule has 0 atom stereocenters. The molecule has 1 rings (SSSR count). The molecule has 1 amide bonds. The van der Waals surface area contributed by atoms with Gasteiger partial charge in [-0.1, -0.05) is 0 Å². The summed E-state index contributed by atoms with van der Waals surface area (Å²) in [6.07, 6.45) is 7.81. The molecule has 0 bridgehead atoms. The molecule has 0 saturated heterocycles. The molecule has 1 aromatic rings. The number of hydrogen-bond donors (Lipinski definition) is 2. The summed E-state index contributed by atoms with van der Waals surface area (Å²) in [7, 11) is 0. The van der Waals surface area contributed by atoms with Gasteiger partial charge in [0.1, 0.15) is 5.01 Å². The van der Waals surface area contributed by atoms with E-state index in [-0.39, 0.29) is 18.1 Å². The standard InChI is InChI=1S/C12H14N2O3S/c1-2-3-4-5-6-10(15)13-7-11-14-9(8-18-11)12(16)17/h1,8H,3-7H2,(H,13,15)(H,16,17). The molecule has 2 N–H and O–H groups in total. The maximum Gasteiger partial charge on any atom is 0.355 e. The fraction of sp³-hybridized carbons (Fsp3) is 0.417. The molecule has 1 aromatic heterocycles. The molecular formula is C12H14N2O3S.